The summed E-state index contributed by atoms with van der Waals surface area (Å²) in [6.45, 7) is 0. The number of para-hydroxylation sites is 1. The Morgan fingerprint density at radius 2 is 2.11 bits per heavy atom. The molecule has 0 saturated heterocycles. The fourth-order valence-electron chi connectivity index (χ4n) is 2.21. The normalized spacial score (nSPS) is 17.5. The summed E-state index contributed by atoms with van der Waals surface area (Å²) in [7, 11) is 3.21. The number of aromatic nitrogens is 1. The van der Waals surface area contributed by atoms with E-state index in [0.29, 0.717) is 0 Å². The molecule has 1 aliphatic rings. The fraction of sp³-hybridized carbons (Fsp3) is 0.357. The highest BCUT2D eigenvalue weighted by atomic mass is 32.1. The van der Waals surface area contributed by atoms with Crippen LogP contribution in [0, 0.1) is 0 Å². The zero-order valence-electron chi connectivity index (χ0n) is 10.8. The molecule has 3 rings (SSSR count). The van der Waals surface area contributed by atoms with E-state index < -0.39 is 6.29 Å². The summed E-state index contributed by atoms with van der Waals surface area (Å²) >= 11 is 1.58. The Balaban J connectivity index is 1.79. The Labute approximate surface area is 116 Å². The lowest BCUT2D eigenvalue weighted by atomic mass is 10.1. The Hall–Kier alpha value is -1.43. The maximum absolute atomic E-state index is 5.92. The summed E-state index contributed by atoms with van der Waals surface area (Å²) in [5, 5.41) is 2.92. The molecule has 0 N–H and O–H groups in total. The molecular formula is C14H15NO3S. The van der Waals surface area contributed by atoms with Gasteiger partial charge in [0.2, 0.25) is 6.29 Å². The quantitative estimate of drug-likeness (QED) is 0.805. The molecule has 2 heterocycles. The lowest BCUT2D eigenvalue weighted by Gasteiger charge is -2.10. The first-order valence-corrected chi connectivity index (χ1v) is 6.95. The first-order chi connectivity index (χ1) is 9.31. The number of methoxy groups -OCH3 is 2. The molecule has 0 radical (unpaired) electrons. The molecule has 1 aromatic carbocycles. The van der Waals surface area contributed by atoms with Gasteiger partial charge in [-0.05, 0) is 11.6 Å². The van der Waals surface area contributed by atoms with E-state index in [1.54, 1.807) is 25.6 Å². The van der Waals surface area contributed by atoms with Gasteiger partial charge in [0, 0.05) is 26.0 Å². The SMILES string of the molecule is COC(OC)c1csc(C2Cc3ccccc3O2)n1. The molecule has 19 heavy (non-hydrogen) atoms. The third-order valence-electron chi connectivity index (χ3n) is 3.13. The lowest BCUT2D eigenvalue weighted by molar-refractivity contribution is -0.108. The van der Waals surface area contributed by atoms with Crippen molar-refractivity contribution in [3.8, 4) is 5.75 Å². The second-order valence-electron chi connectivity index (χ2n) is 4.33. The summed E-state index contributed by atoms with van der Waals surface area (Å²) in [4.78, 5) is 4.56. The van der Waals surface area contributed by atoms with Gasteiger partial charge in [0.25, 0.3) is 0 Å². The fourth-order valence-corrected chi connectivity index (χ4v) is 3.06. The van der Waals surface area contributed by atoms with Crippen molar-refractivity contribution in [3.63, 3.8) is 0 Å². The first-order valence-electron chi connectivity index (χ1n) is 6.07. The van der Waals surface area contributed by atoms with Crippen LogP contribution in [0.25, 0.3) is 0 Å². The van der Waals surface area contributed by atoms with Crippen molar-refractivity contribution in [1.82, 2.24) is 4.98 Å². The van der Waals surface area contributed by atoms with E-state index in [1.807, 2.05) is 23.6 Å². The van der Waals surface area contributed by atoms with Gasteiger partial charge in [0.1, 0.15) is 16.5 Å². The zero-order valence-corrected chi connectivity index (χ0v) is 11.6. The van der Waals surface area contributed by atoms with Gasteiger partial charge in [-0.15, -0.1) is 11.3 Å². The van der Waals surface area contributed by atoms with Crippen molar-refractivity contribution in [2.45, 2.75) is 18.8 Å². The number of rotatable bonds is 4. The predicted molar refractivity (Wildman–Crippen MR) is 72.4 cm³/mol. The zero-order chi connectivity index (χ0) is 13.2. The Kier molecular flexibility index (Phi) is 3.50. The van der Waals surface area contributed by atoms with Crippen LogP contribution in [0.2, 0.25) is 0 Å². The number of ether oxygens (including phenoxy) is 3. The Morgan fingerprint density at radius 3 is 2.84 bits per heavy atom. The van der Waals surface area contributed by atoms with Gasteiger partial charge in [-0.3, -0.25) is 0 Å². The van der Waals surface area contributed by atoms with Gasteiger partial charge in [-0.25, -0.2) is 4.98 Å². The van der Waals surface area contributed by atoms with Crippen LogP contribution in [-0.2, 0) is 15.9 Å². The third-order valence-corrected chi connectivity index (χ3v) is 4.09. The number of nitrogens with zero attached hydrogens (tertiary/aromatic N) is 1. The minimum absolute atomic E-state index is 0.00510. The molecule has 0 spiro atoms. The largest absolute Gasteiger partial charge is 0.483 e. The maximum atomic E-state index is 5.92. The van der Waals surface area contributed by atoms with Crippen LogP contribution in [0.5, 0.6) is 5.75 Å². The van der Waals surface area contributed by atoms with Crippen LogP contribution in [0.1, 0.15) is 28.7 Å². The van der Waals surface area contributed by atoms with Crippen LogP contribution < -0.4 is 4.74 Å². The lowest BCUT2D eigenvalue weighted by Crippen LogP contribution is -2.06. The second kappa shape index (κ2) is 5.28. The molecule has 4 nitrogen and oxygen atoms in total. The maximum Gasteiger partial charge on any atom is 0.201 e. The Bertz CT molecular complexity index is 540. The van der Waals surface area contributed by atoms with Crippen molar-refractivity contribution < 1.29 is 14.2 Å². The van der Waals surface area contributed by atoms with Gasteiger partial charge in [0.15, 0.2) is 6.10 Å². The highest BCUT2D eigenvalue weighted by Crippen LogP contribution is 2.37. The van der Waals surface area contributed by atoms with Crippen molar-refractivity contribution in [2.75, 3.05) is 14.2 Å². The average molecular weight is 277 g/mol. The molecule has 100 valence electrons. The van der Waals surface area contributed by atoms with Gasteiger partial charge in [-0.2, -0.15) is 0 Å². The number of thiazole rings is 1. The second-order valence-corrected chi connectivity index (χ2v) is 5.22. The van der Waals surface area contributed by atoms with E-state index in [9.17, 15) is 0 Å². The minimum Gasteiger partial charge on any atom is -0.483 e. The van der Waals surface area contributed by atoms with Gasteiger partial charge in [-0.1, -0.05) is 18.2 Å². The van der Waals surface area contributed by atoms with Gasteiger partial charge >= 0.3 is 0 Å². The molecule has 1 atom stereocenters. The van der Waals surface area contributed by atoms with Crippen molar-refractivity contribution >= 4 is 11.3 Å². The molecule has 0 bridgehead atoms. The van der Waals surface area contributed by atoms with E-state index in [2.05, 4.69) is 11.1 Å². The third kappa shape index (κ3) is 2.36. The monoisotopic (exact) mass is 277 g/mol. The van der Waals surface area contributed by atoms with Crippen LogP contribution in [0.3, 0.4) is 0 Å². The smallest absolute Gasteiger partial charge is 0.201 e. The molecular weight excluding hydrogens is 262 g/mol. The van der Waals surface area contributed by atoms with Crippen LogP contribution in [0.15, 0.2) is 29.6 Å². The van der Waals surface area contributed by atoms with Crippen LogP contribution in [-0.4, -0.2) is 19.2 Å². The first kappa shape index (κ1) is 12.6. The molecule has 0 amide bonds. The minimum atomic E-state index is -0.409. The molecule has 2 aromatic rings. The van der Waals surface area contributed by atoms with Gasteiger partial charge < -0.3 is 14.2 Å². The highest BCUT2D eigenvalue weighted by Gasteiger charge is 2.27. The molecule has 0 fully saturated rings. The molecule has 1 aliphatic heterocycles. The summed E-state index contributed by atoms with van der Waals surface area (Å²) in [5.41, 5.74) is 2.03. The van der Waals surface area contributed by atoms with E-state index in [0.717, 1.165) is 22.9 Å². The molecule has 5 heteroatoms. The number of hydrogen-bond acceptors (Lipinski definition) is 5. The molecule has 1 aromatic heterocycles. The van der Waals surface area contributed by atoms with E-state index in [4.69, 9.17) is 14.2 Å². The predicted octanol–water partition coefficient (Wildman–Crippen LogP) is 3.11. The Morgan fingerprint density at radius 1 is 1.32 bits per heavy atom. The molecule has 0 aliphatic carbocycles. The van der Waals surface area contributed by atoms with E-state index in [1.165, 1.54) is 5.56 Å². The standard InChI is InChI=1S/C14H15NO3S/c1-16-14(17-2)10-8-19-13(15-10)12-7-9-5-3-4-6-11(9)18-12/h3-6,8,12,14H,7H2,1-2H3. The summed E-state index contributed by atoms with van der Waals surface area (Å²) in [6, 6.07) is 8.11. The topological polar surface area (TPSA) is 40.6 Å². The van der Waals surface area contributed by atoms with E-state index in [-0.39, 0.29) is 6.10 Å². The average Bonchev–Trinajstić information content (AvgIpc) is 3.06. The number of fused-ring (bicyclic) bond motifs is 1. The summed E-state index contributed by atoms with van der Waals surface area (Å²) in [6.07, 6.45) is 0.465. The van der Waals surface area contributed by atoms with E-state index >= 15 is 0 Å². The van der Waals surface area contributed by atoms with Crippen molar-refractivity contribution in [1.29, 1.82) is 0 Å². The van der Waals surface area contributed by atoms with Crippen LogP contribution >= 0.6 is 11.3 Å². The van der Waals surface area contributed by atoms with Crippen molar-refractivity contribution in [3.05, 3.63) is 45.9 Å². The van der Waals surface area contributed by atoms with Crippen molar-refractivity contribution in [2.24, 2.45) is 0 Å². The molecule has 0 saturated carbocycles. The highest BCUT2D eigenvalue weighted by molar-refractivity contribution is 7.09. The summed E-state index contributed by atoms with van der Waals surface area (Å²) in [5.74, 6) is 0.958. The molecule has 1 unspecified atom stereocenters. The number of benzene rings is 1. The summed E-state index contributed by atoms with van der Waals surface area (Å²) < 4.78 is 16.3. The number of hydrogen-bond donors (Lipinski definition) is 0. The van der Waals surface area contributed by atoms with Gasteiger partial charge in [0.05, 0.1) is 0 Å². The van der Waals surface area contributed by atoms with Crippen LogP contribution in [0.4, 0.5) is 0 Å².